The summed E-state index contributed by atoms with van der Waals surface area (Å²) < 4.78 is 5.32. The van der Waals surface area contributed by atoms with Crippen molar-refractivity contribution in [2.24, 2.45) is 0 Å². The summed E-state index contributed by atoms with van der Waals surface area (Å²) in [5, 5.41) is 12.7. The van der Waals surface area contributed by atoms with Gasteiger partial charge in [-0.2, -0.15) is 5.26 Å². The quantitative estimate of drug-likeness (QED) is 0.221. The van der Waals surface area contributed by atoms with Gasteiger partial charge in [0.15, 0.2) is 0 Å². The normalized spacial score (nSPS) is 10.8. The Morgan fingerprint density at radius 1 is 1.03 bits per heavy atom. The fourth-order valence-electron chi connectivity index (χ4n) is 2.67. The minimum absolute atomic E-state index is 0.0547. The second-order valence-corrected chi connectivity index (χ2v) is 7.37. The van der Waals surface area contributed by atoms with Gasteiger partial charge < -0.3 is 10.1 Å². The van der Waals surface area contributed by atoms with Crippen molar-refractivity contribution in [1.82, 2.24) is 0 Å². The van der Waals surface area contributed by atoms with E-state index < -0.39 is 11.9 Å². The van der Waals surface area contributed by atoms with Crippen LogP contribution in [0.3, 0.4) is 0 Å². The number of esters is 1. The monoisotopic (exact) mass is 450 g/mol. The molecule has 0 bridgehead atoms. The molecule has 1 amide bonds. The van der Waals surface area contributed by atoms with Gasteiger partial charge >= 0.3 is 5.97 Å². The molecule has 154 valence electrons. The van der Waals surface area contributed by atoms with E-state index >= 15 is 0 Å². The Kier molecular flexibility index (Phi) is 7.09. The summed E-state index contributed by atoms with van der Waals surface area (Å²) in [4.78, 5) is 24.7. The van der Waals surface area contributed by atoms with Crippen molar-refractivity contribution < 1.29 is 14.3 Å². The van der Waals surface area contributed by atoms with Crippen molar-refractivity contribution in [3.8, 4) is 11.8 Å². The maximum atomic E-state index is 12.4. The first-order valence-electron chi connectivity index (χ1n) is 9.13. The van der Waals surface area contributed by atoms with E-state index in [1.54, 1.807) is 42.5 Å². The largest absolute Gasteiger partial charge is 0.423 e. The van der Waals surface area contributed by atoms with Gasteiger partial charge in [0.25, 0.3) is 5.91 Å². The summed E-state index contributed by atoms with van der Waals surface area (Å²) >= 11 is 11.9. The van der Waals surface area contributed by atoms with E-state index in [-0.39, 0.29) is 21.9 Å². The van der Waals surface area contributed by atoms with Crippen LogP contribution >= 0.6 is 23.2 Å². The lowest BCUT2D eigenvalue weighted by molar-refractivity contribution is -0.112. The minimum Gasteiger partial charge on any atom is -0.423 e. The van der Waals surface area contributed by atoms with Crippen molar-refractivity contribution in [3.63, 3.8) is 0 Å². The molecule has 0 spiro atoms. The molecule has 3 rings (SSSR count). The summed E-state index contributed by atoms with van der Waals surface area (Å²) in [7, 11) is 0. The van der Waals surface area contributed by atoms with E-state index in [1.165, 1.54) is 18.2 Å². The molecular weight excluding hydrogens is 435 g/mol. The molecule has 0 aliphatic heterocycles. The number of rotatable bonds is 5. The molecule has 7 heteroatoms. The lowest BCUT2D eigenvalue weighted by atomic mass is 10.1. The van der Waals surface area contributed by atoms with Gasteiger partial charge in [0.05, 0.1) is 10.6 Å². The van der Waals surface area contributed by atoms with Crippen molar-refractivity contribution in [2.45, 2.75) is 6.92 Å². The Hall–Kier alpha value is -3.59. The van der Waals surface area contributed by atoms with Crippen LogP contribution < -0.4 is 10.1 Å². The fourth-order valence-corrected chi connectivity index (χ4v) is 3.15. The average molecular weight is 451 g/mol. The van der Waals surface area contributed by atoms with Crippen molar-refractivity contribution in [2.75, 3.05) is 5.32 Å². The molecule has 0 aliphatic rings. The van der Waals surface area contributed by atoms with Crippen LogP contribution in [0.5, 0.6) is 5.75 Å². The highest BCUT2D eigenvalue weighted by Gasteiger charge is 2.14. The molecule has 3 aromatic rings. The standard InChI is InChI=1S/C24H16Cl2N2O3/c1-15-4-2-3-5-22(15)28-23(29)17(14-27)12-16-6-9-19(10-7-16)31-24(30)20-11-8-18(25)13-21(20)26/h2-13H,1H3,(H,28,29)/b17-12+. The maximum absolute atomic E-state index is 12.4. The summed E-state index contributed by atoms with van der Waals surface area (Å²) in [5.41, 5.74) is 2.26. The zero-order valence-corrected chi connectivity index (χ0v) is 17.9. The zero-order chi connectivity index (χ0) is 22.4. The van der Waals surface area contributed by atoms with Crippen LogP contribution in [0.25, 0.3) is 6.08 Å². The number of hydrogen-bond acceptors (Lipinski definition) is 4. The molecule has 0 atom stereocenters. The summed E-state index contributed by atoms with van der Waals surface area (Å²) in [5.74, 6) is -0.846. The van der Waals surface area contributed by atoms with Crippen molar-refractivity contribution in [1.29, 1.82) is 5.26 Å². The number of amides is 1. The zero-order valence-electron chi connectivity index (χ0n) is 16.4. The molecule has 0 saturated heterocycles. The minimum atomic E-state index is -0.625. The number of benzene rings is 3. The predicted octanol–water partition coefficient (Wildman–Crippen LogP) is 6.07. The van der Waals surface area contributed by atoms with Crippen molar-refractivity contribution in [3.05, 3.63) is 99.0 Å². The first kappa shape index (κ1) is 22.1. The smallest absolute Gasteiger partial charge is 0.345 e. The molecule has 5 nitrogen and oxygen atoms in total. The predicted molar refractivity (Wildman–Crippen MR) is 121 cm³/mol. The third-order valence-corrected chi connectivity index (χ3v) is 4.86. The van der Waals surface area contributed by atoms with Gasteiger partial charge in [-0.1, -0.05) is 53.5 Å². The Morgan fingerprint density at radius 2 is 1.74 bits per heavy atom. The van der Waals surface area contributed by atoms with E-state index in [2.05, 4.69) is 5.32 Å². The molecule has 0 aliphatic carbocycles. The number of hydrogen-bond donors (Lipinski definition) is 1. The van der Waals surface area contributed by atoms with Gasteiger partial charge in [0.2, 0.25) is 0 Å². The van der Waals surface area contributed by atoms with Gasteiger partial charge in [-0.25, -0.2) is 4.79 Å². The highest BCUT2D eigenvalue weighted by atomic mass is 35.5. The number of carbonyl (C=O) groups is 2. The second kappa shape index (κ2) is 9.94. The van der Waals surface area contributed by atoms with Crippen LogP contribution in [0.15, 0.2) is 72.3 Å². The van der Waals surface area contributed by atoms with Gasteiger partial charge in [0.1, 0.15) is 17.4 Å². The Labute approximate surface area is 189 Å². The fraction of sp³-hybridized carbons (Fsp3) is 0.0417. The highest BCUT2D eigenvalue weighted by molar-refractivity contribution is 6.36. The highest BCUT2D eigenvalue weighted by Crippen LogP contribution is 2.23. The van der Waals surface area contributed by atoms with Crippen LogP contribution in [0.1, 0.15) is 21.5 Å². The number of ether oxygens (including phenoxy) is 1. The molecule has 3 aromatic carbocycles. The second-order valence-electron chi connectivity index (χ2n) is 6.52. The molecule has 0 aromatic heterocycles. The lowest BCUT2D eigenvalue weighted by Crippen LogP contribution is -2.14. The summed E-state index contributed by atoms with van der Waals surface area (Å²) in [6.45, 7) is 1.86. The number of carbonyl (C=O) groups excluding carboxylic acids is 2. The molecular formula is C24H16Cl2N2O3. The Morgan fingerprint density at radius 3 is 2.39 bits per heavy atom. The number of nitrogens with zero attached hydrogens (tertiary/aromatic N) is 1. The SMILES string of the molecule is Cc1ccccc1NC(=O)/C(C#N)=C/c1ccc(OC(=O)c2ccc(Cl)cc2Cl)cc1. The lowest BCUT2D eigenvalue weighted by Gasteiger charge is -2.08. The van der Waals surface area contributed by atoms with E-state index in [9.17, 15) is 14.9 Å². The van der Waals surface area contributed by atoms with E-state index in [4.69, 9.17) is 27.9 Å². The van der Waals surface area contributed by atoms with Gasteiger partial charge in [0, 0.05) is 10.7 Å². The average Bonchev–Trinajstić information content (AvgIpc) is 2.74. The number of anilines is 1. The molecule has 31 heavy (non-hydrogen) atoms. The molecule has 0 heterocycles. The number of aryl methyl sites for hydroxylation is 1. The number of nitrogens with one attached hydrogen (secondary N) is 1. The van der Waals surface area contributed by atoms with Crippen LogP contribution in [0.2, 0.25) is 10.0 Å². The number of halogens is 2. The van der Waals surface area contributed by atoms with E-state index in [0.717, 1.165) is 5.56 Å². The molecule has 1 N–H and O–H groups in total. The van der Waals surface area contributed by atoms with Gasteiger partial charge in [-0.05, 0) is 60.5 Å². The molecule has 0 fully saturated rings. The molecule has 0 saturated carbocycles. The van der Waals surface area contributed by atoms with Gasteiger partial charge in [-0.15, -0.1) is 0 Å². The van der Waals surface area contributed by atoms with Gasteiger partial charge in [-0.3, -0.25) is 4.79 Å². The van der Waals surface area contributed by atoms with Crippen LogP contribution in [-0.4, -0.2) is 11.9 Å². The van der Waals surface area contributed by atoms with Crippen molar-refractivity contribution >= 4 is 46.8 Å². The first-order valence-corrected chi connectivity index (χ1v) is 9.89. The number of nitriles is 1. The van der Waals surface area contributed by atoms with Crippen LogP contribution in [0.4, 0.5) is 5.69 Å². The first-order chi connectivity index (χ1) is 14.9. The third kappa shape index (κ3) is 5.73. The van der Waals surface area contributed by atoms with E-state index in [1.807, 2.05) is 25.1 Å². The Balaban J connectivity index is 1.71. The van der Waals surface area contributed by atoms with Crippen LogP contribution in [0, 0.1) is 18.3 Å². The summed E-state index contributed by atoms with van der Waals surface area (Å²) in [6.07, 6.45) is 1.45. The number of para-hydroxylation sites is 1. The van der Waals surface area contributed by atoms with E-state index in [0.29, 0.717) is 16.3 Å². The Bertz CT molecular complexity index is 1210. The maximum Gasteiger partial charge on any atom is 0.345 e. The third-order valence-electron chi connectivity index (χ3n) is 4.31. The van der Waals surface area contributed by atoms with Crippen LogP contribution in [-0.2, 0) is 4.79 Å². The topological polar surface area (TPSA) is 79.2 Å². The summed E-state index contributed by atoms with van der Waals surface area (Å²) in [6, 6.07) is 20.1. The molecule has 0 unspecified atom stereocenters. The molecule has 0 radical (unpaired) electrons.